The minimum Gasteiger partial charge on any atom is -0.322 e. The molecule has 0 saturated carbocycles. The second-order valence-electron chi connectivity index (χ2n) is 6.70. The van der Waals surface area contributed by atoms with E-state index < -0.39 is 5.82 Å². The number of urea groups is 1. The minimum atomic E-state index is -0.458. The van der Waals surface area contributed by atoms with E-state index in [0.29, 0.717) is 17.6 Å². The van der Waals surface area contributed by atoms with Crippen LogP contribution in [0, 0.1) is 5.82 Å². The molecule has 8 heteroatoms. The van der Waals surface area contributed by atoms with Crippen molar-refractivity contribution in [1.82, 2.24) is 19.8 Å². The highest BCUT2D eigenvalue weighted by Crippen LogP contribution is 2.20. The van der Waals surface area contributed by atoms with E-state index >= 15 is 0 Å². The Morgan fingerprint density at radius 3 is 2.54 bits per heavy atom. The summed E-state index contributed by atoms with van der Waals surface area (Å²) in [7, 11) is 0. The lowest BCUT2D eigenvalue weighted by Gasteiger charge is -2.34. The number of nitrogens with zero attached hydrogens (tertiary/aromatic N) is 4. The van der Waals surface area contributed by atoms with Crippen molar-refractivity contribution in [2.45, 2.75) is 6.54 Å². The van der Waals surface area contributed by atoms with E-state index in [4.69, 9.17) is 0 Å². The number of amides is 2. The second-order valence-corrected chi connectivity index (χ2v) is 7.61. The third-order valence-electron chi connectivity index (χ3n) is 4.77. The highest BCUT2D eigenvalue weighted by atomic mass is 79.9. The molecule has 0 radical (unpaired) electrons. The fourth-order valence-corrected chi connectivity index (χ4v) is 3.59. The normalized spacial score (nSPS) is 15.0. The van der Waals surface area contributed by atoms with Crippen LogP contribution in [0.5, 0.6) is 0 Å². The van der Waals surface area contributed by atoms with Gasteiger partial charge in [0.1, 0.15) is 5.82 Å². The van der Waals surface area contributed by atoms with Crippen LogP contribution in [-0.4, -0.2) is 52.0 Å². The van der Waals surface area contributed by atoms with Gasteiger partial charge in [-0.2, -0.15) is 0 Å². The van der Waals surface area contributed by atoms with E-state index in [1.807, 2.05) is 6.07 Å². The van der Waals surface area contributed by atoms with Crippen molar-refractivity contribution in [1.29, 1.82) is 0 Å². The number of hydrogen-bond acceptors (Lipinski definition) is 4. The molecule has 6 nitrogen and oxygen atoms in total. The Bertz CT molecular complexity index is 1010. The fraction of sp³-hybridized carbons (Fsp3) is 0.250. The zero-order valence-electron chi connectivity index (χ0n) is 15.1. The van der Waals surface area contributed by atoms with Gasteiger partial charge in [-0.25, -0.2) is 9.18 Å². The van der Waals surface area contributed by atoms with Crippen molar-refractivity contribution in [2.75, 3.05) is 31.5 Å². The van der Waals surface area contributed by atoms with Crippen LogP contribution in [0.25, 0.3) is 11.0 Å². The average molecular weight is 444 g/mol. The zero-order chi connectivity index (χ0) is 19.5. The summed E-state index contributed by atoms with van der Waals surface area (Å²) in [4.78, 5) is 25.1. The molecule has 28 heavy (non-hydrogen) atoms. The topological polar surface area (TPSA) is 61.4 Å². The summed E-state index contributed by atoms with van der Waals surface area (Å²) in [6.45, 7) is 3.50. The number of piperazine rings is 1. The van der Waals surface area contributed by atoms with Crippen LogP contribution in [0.3, 0.4) is 0 Å². The van der Waals surface area contributed by atoms with Crippen LogP contribution in [0.15, 0.2) is 53.3 Å². The number of carbonyl (C=O) groups excluding carboxylic acids is 1. The van der Waals surface area contributed by atoms with E-state index in [1.165, 1.54) is 11.6 Å². The molecule has 0 aliphatic carbocycles. The minimum absolute atomic E-state index is 0.188. The number of benzene rings is 2. The number of rotatable bonds is 3. The highest BCUT2D eigenvalue weighted by Gasteiger charge is 2.22. The standard InChI is InChI=1S/C20H19BrFN5O/c21-15-2-4-17(16(22)12-15)25-20(28)27-9-7-26(8-10-27)13-14-1-3-18-19(11-14)24-6-5-23-18/h1-6,11-12H,7-10,13H2,(H,25,28). The molecule has 1 aliphatic heterocycles. The Morgan fingerprint density at radius 1 is 1.04 bits per heavy atom. The Labute approximate surface area is 170 Å². The second kappa shape index (κ2) is 8.20. The van der Waals surface area contributed by atoms with Crippen LogP contribution in [-0.2, 0) is 6.54 Å². The molecule has 1 saturated heterocycles. The van der Waals surface area contributed by atoms with Gasteiger partial charge < -0.3 is 10.2 Å². The summed E-state index contributed by atoms with van der Waals surface area (Å²) in [5, 5.41) is 2.65. The molecule has 3 aromatic rings. The van der Waals surface area contributed by atoms with E-state index in [0.717, 1.165) is 30.7 Å². The predicted octanol–water partition coefficient (Wildman–Crippen LogP) is 3.88. The molecule has 2 aromatic carbocycles. The van der Waals surface area contributed by atoms with Crippen molar-refractivity contribution >= 4 is 38.7 Å². The zero-order valence-corrected chi connectivity index (χ0v) is 16.7. The third kappa shape index (κ3) is 4.28. The number of halogens is 2. The van der Waals surface area contributed by atoms with Crippen molar-refractivity contribution in [2.24, 2.45) is 0 Å². The molecule has 0 bridgehead atoms. The van der Waals surface area contributed by atoms with Gasteiger partial charge in [-0.05, 0) is 35.9 Å². The predicted molar refractivity (Wildman–Crippen MR) is 110 cm³/mol. The lowest BCUT2D eigenvalue weighted by molar-refractivity contribution is 0.143. The summed E-state index contributed by atoms with van der Waals surface area (Å²) in [6.07, 6.45) is 3.38. The van der Waals surface area contributed by atoms with Crippen LogP contribution < -0.4 is 5.32 Å². The first-order valence-electron chi connectivity index (χ1n) is 9.01. The quantitative estimate of drug-likeness (QED) is 0.666. The summed E-state index contributed by atoms with van der Waals surface area (Å²) < 4.78 is 14.5. The molecule has 1 aliphatic rings. The van der Waals surface area contributed by atoms with E-state index in [-0.39, 0.29) is 11.7 Å². The van der Waals surface area contributed by atoms with E-state index in [9.17, 15) is 9.18 Å². The van der Waals surface area contributed by atoms with Gasteiger partial charge >= 0.3 is 6.03 Å². The smallest absolute Gasteiger partial charge is 0.322 e. The number of nitrogens with one attached hydrogen (secondary N) is 1. The average Bonchev–Trinajstić information content (AvgIpc) is 2.70. The Balaban J connectivity index is 1.32. The van der Waals surface area contributed by atoms with Gasteiger partial charge in [-0.15, -0.1) is 0 Å². The Hall–Kier alpha value is -2.58. The maximum absolute atomic E-state index is 13.9. The van der Waals surface area contributed by atoms with Gasteiger partial charge in [0.15, 0.2) is 0 Å². The molecule has 1 N–H and O–H groups in total. The van der Waals surface area contributed by atoms with Crippen molar-refractivity contribution in [3.05, 3.63) is 64.6 Å². The lowest BCUT2D eigenvalue weighted by Crippen LogP contribution is -2.49. The largest absolute Gasteiger partial charge is 0.322 e. The van der Waals surface area contributed by atoms with Crippen LogP contribution in [0.4, 0.5) is 14.9 Å². The van der Waals surface area contributed by atoms with Crippen molar-refractivity contribution < 1.29 is 9.18 Å². The molecule has 2 amide bonds. The van der Waals surface area contributed by atoms with Crippen molar-refractivity contribution in [3.8, 4) is 0 Å². The maximum atomic E-state index is 13.9. The summed E-state index contributed by atoms with van der Waals surface area (Å²) in [5.74, 6) is -0.458. The van der Waals surface area contributed by atoms with E-state index in [1.54, 1.807) is 29.4 Å². The SMILES string of the molecule is O=C(Nc1ccc(Br)cc1F)N1CCN(Cc2ccc3nccnc3c2)CC1. The van der Waals surface area contributed by atoms with Gasteiger partial charge in [0.2, 0.25) is 0 Å². The van der Waals surface area contributed by atoms with Gasteiger partial charge in [-0.1, -0.05) is 22.0 Å². The molecular formula is C20H19BrFN5O. The van der Waals surface area contributed by atoms with Gasteiger partial charge in [-0.3, -0.25) is 14.9 Å². The number of hydrogen-bond donors (Lipinski definition) is 1. The van der Waals surface area contributed by atoms with Gasteiger partial charge in [0.25, 0.3) is 0 Å². The molecule has 2 heterocycles. The molecule has 4 rings (SSSR count). The fourth-order valence-electron chi connectivity index (χ4n) is 3.26. The first-order valence-corrected chi connectivity index (χ1v) is 9.81. The molecule has 144 valence electrons. The van der Waals surface area contributed by atoms with Crippen LogP contribution in [0.2, 0.25) is 0 Å². The van der Waals surface area contributed by atoms with Crippen LogP contribution >= 0.6 is 15.9 Å². The highest BCUT2D eigenvalue weighted by molar-refractivity contribution is 9.10. The number of fused-ring (bicyclic) bond motifs is 1. The van der Waals surface area contributed by atoms with Crippen molar-refractivity contribution in [3.63, 3.8) is 0 Å². The Morgan fingerprint density at radius 2 is 1.79 bits per heavy atom. The van der Waals surface area contributed by atoms with Gasteiger partial charge in [0, 0.05) is 49.6 Å². The molecule has 0 atom stereocenters. The van der Waals surface area contributed by atoms with Gasteiger partial charge in [0.05, 0.1) is 16.7 Å². The summed E-state index contributed by atoms with van der Waals surface area (Å²) in [5.41, 5.74) is 3.12. The number of anilines is 1. The maximum Gasteiger partial charge on any atom is 0.322 e. The molecule has 0 unspecified atom stereocenters. The molecule has 0 spiro atoms. The number of aromatic nitrogens is 2. The summed E-state index contributed by atoms with van der Waals surface area (Å²) in [6, 6.07) is 10.4. The molecule has 1 aromatic heterocycles. The Kier molecular flexibility index (Phi) is 5.50. The number of carbonyl (C=O) groups is 1. The summed E-state index contributed by atoms with van der Waals surface area (Å²) >= 11 is 3.21. The third-order valence-corrected chi connectivity index (χ3v) is 5.27. The molecule has 1 fully saturated rings. The van der Waals surface area contributed by atoms with Crippen LogP contribution in [0.1, 0.15) is 5.56 Å². The van der Waals surface area contributed by atoms with E-state index in [2.05, 4.69) is 48.2 Å². The molecular weight excluding hydrogens is 425 g/mol. The monoisotopic (exact) mass is 443 g/mol. The first kappa shape index (κ1) is 18.8. The lowest BCUT2D eigenvalue weighted by atomic mass is 10.1. The first-order chi connectivity index (χ1) is 13.6.